The molecule has 0 spiro atoms. The van der Waals surface area contributed by atoms with Crippen LogP contribution in [0.5, 0.6) is 0 Å². The second kappa shape index (κ2) is 8.08. The van der Waals surface area contributed by atoms with Gasteiger partial charge in [0.1, 0.15) is 6.61 Å². The van der Waals surface area contributed by atoms with E-state index < -0.39 is 5.41 Å². The van der Waals surface area contributed by atoms with E-state index in [-0.39, 0.29) is 31.0 Å². The Morgan fingerprint density at radius 2 is 1.78 bits per heavy atom. The van der Waals surface area contributed by atoms with Crippen LogP contribution in [0, 0.1) is 5.41 Å². The zero-order valence-corrected chi connectivity index (χ0v) is 12.0. The number of amides is 1. The van der Waals surface area contributed by atoms with Gasteiger partial charge in [-0.15, -0.1) is 0 Å². The maximum absolute atomic E-state index is 11.5. The molecule has 1 amide bonds. The second-order valence-electron chi connectivity index (χ2n) is 5.40. The summed E-state index contributed by atoms with van der Waals surface area (Å²) in [5, 5.41) is 2.69. The van der Waals surface area contributed by atoms with E-state index in [9.17, 15) is 9.59 Å². The smallest absolute Gasteiger partial charge is 0.307 e. The SMILES string of the molecule is CC(C)OCCOC(=O)CCNC(=O)C(C)(C)C. The molecule has 106 valence electrons. The topological polar surface area (TPSA) is 64.6 Å². The highest BCUT2D eigenvalue weighted by atomic mass is 16.6. The van der Waals surface area contributed by atoms with Gasteiger partial charge >= 0.3 is 5.97 Å². The van der Waals surface area contributed by atoms with E-state index in [1.807, 2.05) is 34.6 Å². The highest BCUT2D eigenvalue weighted by Crippen LogP contribution is 2.12. The van der Waals surface area contributed by atoms with Gasteiger partial charge < -0.3 is 14.8 Å². The molecule has 0 atom stereocenters. The maximum atomic E-state index is 11.5. The van der Waals surface area contributed by atoms with Gasteiger partial charge in [-0.3, -0.25) is 9.59 Å². The number of hydrogen-bond acceptors (Lipinski definition) is 4. The van der Waals surface area contributed by atoms with E-state index in [0.717, 1.165) is 0 Å². The number of carbonyl (C=O) groups is 2. The fraction of sp³-hybridized carbons (Fsp3) is 0.846. The molecule has 0 aliphatic rings. The lowest BCUT2D eigenvalue weighted by Crippen LogP contribution is -2.36. The van der Waals surface area contributed by atoms with Gasteiger partial charge in [0, 0.05) is 12.0 Å². The first-order valence-corrected chi connectivity index (χ1v) is 6.29. The minimum atomic E-state index is -0.436. The molecule has 0 aromatic carbocycles. The number of ether oxygens (including phenoxy) is 2. The van der Waals surface area contributed by atoms with Crippen molar-refractivity contribution >= 4 is 11.9 Å². The molecule has 0 saturated heterocycles. The van der Waals surface area contributed by atoms with Crippen molar-refractivity contribution in [2.75, 3.05) is 19.8 Å². The monoisotopic (exact) mass is 259 g/mol. The molecule has 0 rings (SSSR count). The number of nitrogens with one attached hydrogen (secondary N) is 1. The van der Waals surface area contributed by atoms with Crippen LogP contribution in [-0.4, -0.2) is 37.7 Å². The van der Waals surface area contributed by atoms with Crippen molar-refractivity contribution in [3.8, 4) is 0 Å². The van der Waals surface area contributed by atoms with E-state index in [4.69, 9.17) is 9.47 Å². The summed E-state index contributed by atoms with van der Waals surface area (Å²) in [4.78, 5) is 22.8. The van der Waals surface area contributed by atoms with Gasteiger partial charge in [0.15, 0.2) is 0 Å². The minimum Gasteiger partial charge on any atom is -0.463 e. The van der Waals surface area contributed by atoms with Crippen LogP contribution in [0.15, 0.2) is 0 Å². The molecule has 5 nitrogen and oxygen atoms in total. The summed E-state index contributed by atoms with van der Waals surface area (Å²) < 4.78 is 10.2. The Labute approximate surface area is 109 Å². The minimum absolute atomic E-state index is 0.0709. The molecule has 0 aromatic rings. The molecule has 0 aromatic heterocycles. The molecule has 0 aliphatic heterocycles. The summed E-state index contributed by atoms with van der Waals surface area (Å²) in [5.41, 5.74) is -0.436. The highest BCUT2D eigenvalue weighted by Gasteiger charge is 2.20. The predicted molar refractivity (Wildman–Crippen MR) is 69.1 cm³/mol. The first-order chi connectivity index (χ1) is 8.23. The molecular formula is C13H25NO4. The van der Waals surface area contributed by atoms with Crippen molar-refractivity contribution < 1.29 is 19.1 Å². The predicted octanol–water partition coefficient (Wildman–Crippen LogP) is 1.51. The van der Waals surface area contributed by atoms with Gasteiger partial charge in [-0.05, 0) is 13.8 Å². The van der Waals surface area contributed by atoms with Crippen LogP contribution in [-0.2, 0) is 19.1 Å². The molecule has 0 radical (unpaired) electrons. The molecule has 0 heterocycles. The molecule has 0 fully saturated rings. The number of esters is 1. The quantitative estimate of drug-likeness (QED) is 0.556. The van der Waals surface area contributed by atoms with E-state index >= 15 is 0 Å². The Morgan fingerprint density at radius 3 is 2.28 bits per heavy atom. The van der Waals surface area contributed by atoms with Gasteiger partial charge in [-0.1, -0.05) is 20.8 Å². The third-order valence-corrected chi connectivity index (χ3v) is 2.09. The first kappa shape index (κ1) is 16.9. The van der Waals surface area contributed by atoms with Crippen LogP contribution >= 0.6 is 0 Å². The molecular weight excluding hydrogens is 234 g/mol. The fourth-order valence-electron chi connectivity index (χ4n) is 1.05. The summed E-state index contributed by atoms with van der Waals surface area (Å²) >= 11 is 0. The van der Waals surface area contributed by atoms with Gasteiger partial charge in [-0.2, -0.15) is 0 Å². The molecule has 5 heteroatoms. The molecule has 0 aliphatic carbocycles. The Kier molecular flexibility index (Phi) is 7.59. The summed E-state index contributed by atoms with van der Waals surface area (Å²) in [7, 11) is 0. The van der Waals surface area contributed by atoms with Gasteiger partial charge in [0.25, 0.3) is 0 Å². The lowest BCUT2D eigenvalue weighted by molar-refractivity contribution is -0.145. The van der Waals surface area contributed by atoms with Crippen LogP contribution in [0.25, 0.3) is 0 Å². The lowest BCUT2D eigenvalue weighted by Gasteiger charge is -2.17. The average molecular weight is 259 g/mol. The number of carbonyl (C=O) groups excluding carboxylic acids is 2. The van der Waals surface area contributed by atoms with Crippen LogP contribution < -0.4 is 5.32 Å². The summed E-state index contributed by atoms with van der Waals surface area (Å²) in [6.45, 7) is 10.3. The number of hydrogen-bond donors (Lipinski definition) is 1. The fourth-order valence-corrected chi connectivity index (χ4v) is 1.05. The Morgan fingerprint density at radius 1 is 1.17 bits per heavy atom. The van der Waals surface area contributed by atoms with E-state index in [0.29, 0.717) is 13.2 Å². The van der Waals surface area contributed by atoms with E-state index in [1.165, 1.54) is 0 Å². The van der Waals surface area contributed by atoms with E-state index in [2.05, 4.69) is 5.32 Å². The van der Waals surface area contributed by atoms with Gasteiger partial charge in [0.05, 0.1) is 19.1 Å². The van der Waals surface area contributed by atoms with Crippen molar-refractivity contribution in [3.63, 3.8) is 0 Å². The normalized spacial score (nSPS) is 11.4. The van der Waals surface area contributed by atoms with Crippen molar-refractivity contribution in [3.05, 3.63) is 0 Å². The highest BCUT2D eigenvalue weighted by molar-refractivity contribution is 5.81. The van der Waals surface area contributed by atoms with Crippen molar-refractivity contribution in [2.24, 2.45) is 5.41 Å². The number of rotatable bonds is 7. The van der Waals surface area contributed by atoms with Crippen LogP contribution in [0.3, 0.4) is 0 Å². The average Bonchev–Trinajstić information content (AvgIpc) is 2.22. The first-order valence-electron chi connectivity index (χ1n) is 6.29. The third kappa shape index (κ3) is 8.98. The van der Waals surface area contributed by atoms with Crippen LogP contribution in [0.4, 0.5) is 0 Å². The zero-order chi connectivity index (χ0) is 14.2. The largest absolute Gasteiger partial charge is 0.463 e. The molecule has 0 unspecified atom stereocenters. The maximum Gasteiger partial charge on any atom is 0.307 e. The van der Waals surface area contributed by atoms with Gasteiger partial charge in [0.2, 0.25) is 5.91 Å². The molecule has 18 heavy (non-hydrogen) atoms. The van der Waals surface area contributed by atoms with Crippen LogP contribution in [0.1, 0.15) is 41.0 Å². The lowest BCUT2D eigenvalue weighted by atomic mass is 9.96. The second-order valence-corrected chi connectivity index (χ2v) is 5.40. The summed E-state index contributed by atoms with van der Waals surface area (Å²) in [5.74, 6) is -0.394. The zero-order valence-electron chi connectivity index (χ0n) is 12.0. The Balaban J connectivity index is 3.57. The molecule has 0 bridgehead atoms. The molecule has 1 N–H and O–H groups in total. The Hall–Kier alpha value is -1.10. The van der Waals surface area contributed by atoms with Crippen molar-refractivity contribution in [1.29, 1.82) is 0 Å². The third-order valence-electron chi connectivity index (χ3n) is 2.09. The summed E-state index contributed by atoms with van der Waals surface area (Å²) in [6, 6.07) is 0. The molecule has 0 saturated carbocycles. The standard InChI is InChI=1S/C13H25NO4/c1-10(2)17-8-9-18-11(15)6-7-14-12(16)13(3,4)5/h10H,6-9H2,1-5H3,(H,14,16). The van der Waals surface area contributed by atoms with Gasteiger partial charge in [-0.25, -0.2) is 0 Å². The summed E-state index contributed by atoms with van der Waals surface area (Å²) in [6.07, 6.45) is 0.318. The van der Waals surface area contributed by atoms with E-state index in [1.54, 1.807) is 0 Å². The van der Waals surface area contributed by atoms with Crippen molar-refractivity contribution in [2.45, 2.75) is 47.1 Å². The van der Waals surface area contributed by atoms with Crippen molar-refractivity contribution in [1.82, 2.24) is 5.32 Å². The Bertz CT molecular complexity index is 269. The van der Waals surface area contributed by atoms with Crippen LogP contribution in [0.2, 0.25) is 0 Å².